The van der Waals surface area contributed by atoms with E-state index >= 15 is 0 Å². The average molecular weight is 383 g/mol. The molecule has 148 valence electrons. The van der Waals surface area contributed by atoms with Crippen molar-refractivity contribution in [2.45, 2.75) is 26.3 Å². The summed E-state index contributed by atoms with van der Waals surface area (Å²) in [6.45, 7) is 4.50. The van der Waals surface area contributed by atoms with Gasteiger partial charge in [-0.3, -0.25) is 9.59 Å². The molecule has 0 bridgehead atoms. The number of nitrogens with one attached hydrogen (secondary N) is 2. The Kier molecular flexibility index (Phi) is 7.56. The fourth-order valence-corrected chi connectivity index (χ4v) is 2.43. The van der Waals surface area contributed by atoms with Crippen LogP contribution in [0.15, 0.2) is 47.6 Å². The highest BCUT2D eigenvalue weighted by atomic mass is 16.5. The van der Waals surface area contributed by atoms with E-state index < -0.39 is 11.8 Å². The SMILES string of the molecule is COc1ccc(/C=N\NC(=O)C(=O)NCc2ccc(C(C)C)cc2)cc1OC. The summed E-state index contributed by atoms with van der Waals surface area (Å²) in [5.41, 5.74) is 5.02. The Bertz CT molecular complexity index is 845. The summed E-state index contributed by atoms with van der Waals surface area (Å²) in [7, 11) is 3.07. The number of rotatable bonds is 7. The van der Waals surface area contributed by atoms with Gasteiger partial charge in [0, 0.05) is 6.54 Å². The molecule has 2 N–H and O–H groups in total. The van der Waals surface area contributed by atoms with Crippen molar-refractivity contribution in [3.63, 3.8) is 0 Å². The Hall–Kier alpha value is -3.35. The first kappa shape index (κ1) is 21.0. The van der Waals surface area contributed by atoms with Crippen LogP contribution in [0.5, 0.6) is 11.5 Å². The molecule has 0 aliphatic heterocycles. The van der Waals surface area contributed by atoms with Crippen molar-refractivity contribution in [3.05, 3.63) is 59.2 Å². The molecular weight excluding hydrogens is 358 g/mol. The Morgan fingerprint density at radius 3 is 2.29 bits per heavy atom. The molecule has 2 amide bonds. The van der Waals surface area contributed by atoms with E-state index in [2.05, 4.69) is 29.7 Å². The van der Waals surface area contributed by atoms with Gasteiger partial charge in [-0.2, -0.15) is 5.10 Å². The molecule has 0 radical (unpaired) electrons. The van der Waals surface area contributed by atoms with E-state index in [1.165, 1.54) is 18.9 Å². The van der Waals surface area contributed by atoms with Gasteiger partial charge in [0.2, 0.25) is 0 Å². The number of hydrazone groups is 1. The van der Waals surface area contributed by atoms with Gasteiger partial charge < -0.3 is 14.8 Å². The fraction of sp³-hybridized carbons (Fsp3) is 0.286. The lowest BCUT2D eigenvalue weighted by Gasteiger charge is -2.08. The summed E-state index contributed by atoms with van der Waals surface area (Å²) < 4.78 is 10.4. The third kappa shape index (κ3) is 5.84. The van der Waals surface area contributed by atoms with Crippen molar-refractivity contribution in [2.24, 2.45) is 5.10 Å². The Balaban J connectivity index is 1.85. The second-order valence-corrected chi connectivity index (χ2v) is 6.39. The first-order valence-electron chi connectivity index (χ1n) is 8.86. The number of hydrogen-bond donors (Lipinski definition) is 2. The molecule has 2 aromatic carbocycles. The third-order valence-electron chi connectivity index (χ3n) is 4.09. The van der Waals surface area contributed by atoms with E-state index in [9.17, 15) is 9.59 Å². The number of benzene rings is 2. The van der Waals surface area contributed by atoms with Gasteiger partial charge >= 0.3 is 11.8 Å². The maximum atomic E-state index is 11.9. The van der Waals surface area contributed by atoms with E-state index in [0.717, 1.165) is 5.56 Å². The molecule has 0 saturated heterocycles. The smallest absolute Gasteiger partial charge is 0.329 e. The predicted molar refractivity (Wildman–Crippen MR) is 108 cm³/mol. The van der Waals surface area contributed by atoms with Crippen molar-refractivity contribution in [1.82, 2.24) is 10.7 Å². The highest BCUT2D eigenvalue weighted by Crippen LogP contribution is 2.26. The first-order valence-corrected chi connectivity index (χ1v) is 8.86. The van der Waals surface area contributed by atoms with Gasteiger partial charge in [0.15, 0.2) is 11.5 Å². The number of amides is 2. The molecule has 7 nitrogen and oxygen atoms in total. The molecule has 0 fully saturated rings. The lowest BCUT2D eigenvalue weighted by atomic mass is 10.0. The van der Waals surface area contributed by atoms with Crippen molar-refractivity contribution >= 4 is 18.0 Å². The summed E-state index contributed by atoms with van der Waals surface area (Å²) >= 11 is 0. The van der Waals surface area contributed by atoms with Crippen molar-refractivity contribution in [1.29, 1.82) is 0 Å². The number of carbonyl (C=O) groups excluding carboxylic acids is 2. The molecule has 2 aromatic rings. The van der Waals surface area contributed by atoms with E-state index in [-0.39, 0.29) is 6.54 Å². The molecule has 0 saturated carbocycles. The highest BCUT2D eigenvalue weighted by Gasteiger charge is 2.12. The topological polar surface area (TPSA) is 89.0 Å². The maximum absolute atomic E-state index is 11.9. The van der Waals surface area contributed by atoms with Crippen LogP contribution in [0.1, 0.15) is 36.5 Å². The standard InChI is InChI=1S/C21H25N3O4/c1-14(2)17-8-5-15(6-9-17)12-22-20(25)21(26)24-23-13-16-7-10-18(27-3)19(11-16)28-4/h5-11,13-14H,12H2,1-4H3,(H,22,25)(H,24,26)/b23-13-. The Morgan fingerprint density at radius 2 is 1.68 bits per heavy atom. The summed E-state index contributed by atoms with van der Waals surface area (Å²) in [6, 6.07) is 13.1. The van der Waals surface area contributed by atoms with Gasteiger partial charge in [0.25, 0.3) is 0 Å². The third-order valence-corrected chi connectivity index (χ3v) is 4.09. The Morgan fingerprint density at radius 1 is 1.00 bits per heavy atom. The van der Waals surface area contributed by atoms with Crippen LogP contribution in [0.3, 0.4) is 0 Å². The molecule has 0 aliphatic carbocycles. The number of hydrogen-bond acceptors (Lipinski definition) is 5. The van der Waals surface area contributed by atoms with Crippen LogP contribution in [0, 0.1) is 0 Å². The molecule has 0 aromatic heterocycles. The van der Waals surface area contributed by atoms with Gasteiger partial charge in [-0.15, -0.1) is 0 Å². The van der Waals surface area contributed by atoms with Crippen molar-refractivity contribution in [3.8, 4) is 11.5 Å². The van der Waals surface area contributed by atoms with E-state index in [1.807, 2.05) is 24.3 Å². The van der Waals surface area contributed by atoms with E-state index in [0.29, 0.717) is 23.0 Å². The lowest BCUT2D eigenvalue weighted by Crippen LogP contribution is -2.37. The minimum absolute atomic E-state index is 0.268. The molecule has 0 aliphatic rings. The van der Waals surface area contributed by atoms with Gasteiger partial charge in [0.1, 0.15) is 0 Å². The molecule has 7 heteroatoms. The van der Waals surface area contributed by atoms with Crippen LogP contribution >= 0.6 is 0 Å². The molecule has 0 atom stereocenters. The summed E-state index contributed by atoms with van der Waals surface area (Å²) in [5.74, 6) is -0.0191. The second kappa shape index (κ2) is 10.1. The fourth-order valence-electron chi connectivity index (χ4n) is 2.43. The van der Waals surface area contributed by atoms with Crippen LogP contribution in [0.25, 0.3) is 0 Å². The molecule has 2 rings (SSSR count). The van der Waals surface area contributed by atoms with E-state index in [4.69, 9.17) is 9.47 Å². The Labute approximate surface area is 164 Å². The van der Waals surface area contributed by atoms with Gasteiger partial charge in [-0.1, -0.05) is 38.1 Å². The highest BCUT2D eigenvalue weighted by molar-refractivity contribution is 6.35. The van der Waals surface area contributed by atoms with Gasteiger partial charge in [0.05, 0.1) is 20.4 Å². The molecular formula is C21H25N3O4. The largest absolute Gasteiger partial charge is 0.493 e. The number of carbonyl (C=O) groups is 2. The molecule has 0 heterocycles. The minimum Gasteiger partial charge on any atom is -0.493 e. The molecule has 28 heavy (non-hydrogen) atoms. The van der Waals surface area contributed by atoms with Crippen LogP contribution in [0.2, 0.25) is 0 Å². The zero-order valence-electron chi connectivity index (χ0n) is 16.5. The maximum Gasteiger partial charge on any atom is 0.329 e. The minimum atomic E-state index is -0.837. The van der Waals surface area contributed by atoms with Crippen LogP contribution in [-0.4, -0.2) is 32.2 Å². The van der Waals surface area contributed by atoms with E-state index in [1.54, 1.807) is 25.3 Å². The van der Waals surface area contributed by atoms with Crippen LogP contribution < -0.4 is 20.2 Å². The number of ether oxygens (including phenoxy) is 2. The molecule has 0 spiro atoms. The normalized spacial score (nSPS) is 10.8. The van der Waals surface area contributed by atoms with Gasteiger partial charge in [-0.25, -0.2) is 5.43 Å². The second-order valence-electron chi connectivity index (χ2n) is 6.39. The van der Waals surface area contributed by atoms with Crippen LogP contribution in [0.4, 0.5) is 0 Å². The monoisotopic (exact) mass is 383 g/mol. The lowest BCUT2D eigenvalue weighted by molar-refractivity contribution is -0.139. The van der Waals surface area contributed by atoms with Crippen molar-refractivity contribution in [2.75, 3.05) is 14.2 Å². The first-order chi connectivity index (χ1) is 13.4. The average Bonchev–Trinajstić information content (AvgIpc) is 2.71. The summed E-state index contributed by atoms with van der Waals surface area (Å²) in [6.07, 6.45) is 1.41. The zero-order valence-corrected chi connectivity index (χ0v) is 16.5. The predicted octanol–water partition coefficient (Wildman–Crippen LogP) is 2.59. The van der Waals surface area contributed by atoms with Crippen molar-refractivity contribution < 1.29 is 19.1 Å². The molecule has 0 unspecified atom stereocenters. The summed E-state index contributed by atoms with van der Waals surface area (Å²) in [4.78, 5) is 23.7. The van der Waals surface area contributed by atoms with Crippen LogP contribution in [-0.2, 0) is 16.1 Å². The number of methoxy groups -OCH3 is 2. The number of nitrogens with zero attached hydrogens (tertiary/aromatic N) is 1. The van der Waals surface area contributed by atoms with Gasteiger partial charge in [-0.05, 0) is 40.8 Å². The summed E-state index contributed by atoms with van der Waals surface area (Å²) in [5, 5.41) is 6.37. The quantitative estimate of drug-likeness (QED) is 0.437. The zero-order chi connectivity index (χ0) is 20.5.